The summed E-state index contributed by atoms with van der Waals surface area (Å²) in [6.45, 7) is 5.59. The second kappa shape index (κ2) is 8.82. The molecule has 0 aliphatic heterocycles. The van der Waals surface area contributed by atoms with Gasteiger partial charge in [-0.05, 0) is 31.9 Å². The minimum atomic E-state index is -0.310. The molecule has 2 aromatic rings. The first-order chi connectivity index (χ1) is 12.0. The minimum absolute atomic E-state index is 0.0428. The van der Waals surface area contributed by atoms with Gasteiger partial charge in [0.25, 0.3) is 0 Å². The van der Waals surface area contributed by atoms with Crippen molar-refractivity contribution in [2.24, 2.45) is 0 Å². The molecule has 132 valence electrons. The van der Waals surface area contributed by atoms with Crippen LogP contribution in [0, 0.1) is 6.92 Å². The lowest BCUT2D eigenvalue weighted by atomic mass is 10.2. The predicted molar refractivity (Wildman–Crippen MR) is 96.8 cm³/mol. The van der Waals surface area contributed by atoms with Crippen LogP contribution >= 0.6 is 0 Å². The fourth-order valence-electron chi connectivity index (χ4n) is 2.26. The highest BCUT2D eigenvalue weighted by Gasteiger charge is 2.20. The van der Waals surface area contributed by atoms with Gasteiger partial charge in [0.1, 0.15) is 12.3 Å². The predicted octanol–water partition coefficient (Wildman–Crippen LogP) is 3.26. The Labute approximate surface area is 147 Å². The molecule has 1 heterocycles. The summed E-state index contributed by atoms with van der Waals surface area (Å²) in [5, 5.41) is 6.36. The van der Waals surface area contributed by atoms with E-state index in [-0.39, 0.29) is 24.4 Å². The summed E-state index contributed by atoms with van der Waals surface area (Å²) in [6.07, 6.45) is 3.99. The molecule has 0 radical (unpaired) electrons. The van der Waals surface area contributed by atoms with Crippen molar-refractivity contribution in [1.82, 2.24) is 10.1 Å². The number of anilines is 1. The fraction of sp³-hybridized carbons (Fsp3) is 0.316. The van der Waals surface area contributed by atoms with E-state index in [2.05, 4.69) is 10.5 Å². The normalized spacial score (nSPS) is 12.1. The molecular weight excluding hydrogens is 318 g/mol. The van der Waals surface area contributed by atoms with Gasteiger partial charge in [0.05, 0.1) is 0 Å². The molecule has 2 rings (SSSR count). The largest absolute Gasteiger partial charge is 0.360 e. The second-order valence-electron chi connectivity index (χ2n) is 5.84. The zero-order chi connectivity index (χ0) is 18.2. The van der Waals surface area contributed by atoms with Crippen LogP contribution in [-0.2, 0) is 9.59 Å². The number of hydrogen-bond acceptors (Lipinski definition) is 4. The van der Waals surface area contributed by atoms with Crippen LogP contribution in [0.2, 0.25) is 0 Å². The molecule has 0 saturated carbocycles. The van der Waals surface area contributed by atoms with Gasteiger partial charge in [-0.15, -0.1) is 0 Å². The highest BCUT2D eigenvalue weighted by Crippen LogP contribution is 2.10. The van der Waals surface area contributed by atoms with Crippen LogP contribution in [0.1, 0.15) is 31.6 Å². The lowest BCUT2D eigenvalue weighted by molar-refractivity contribution is -0.132. The van der Waals surface area contributed by atoms with Crippen molar-refractivity contribution in [3.63, 3.8) is 0 Å². The first-order valence-electron chi connectivity index (χ1n) is 8.26. The Morgan fingerprint density at radius 3 is 2.64 bits per heavy atom. The molecule has 0 unspecified atom stereocenters. The van der Waals surface area contributed by atoms with Crippen LogP contribution in [0.15, 0.2) is 47.0 Å². The van der Waals surface area contributed by atoms with Gasteiger partial charge in [0.2, 0.25) is 11.8 Å². The maximum absolute atomic E-state index is 12.5. The van der Waals surface area contributed by atoms with E-state index in [1.54, 1.807) is 24.0 Å². The molecule has 0 aliphatic rings. The van der Waals surface area contributed by atoms with Crippen molar-refractivity contribution in [2.75, 3.05) is 11.9 Å². The summed E-state index contributed by atoms with van der Waals surface area (Å²) in [6, 6.07) is 11.1. The van der Waals surface area contributed by atoms with Crippen molar-refractivity contribution >= 4 is 23.7 Å². The summed E-state index contributed by atoms with van der Waals surface area (Å²) in [4.78, 5) is 26.3. The zero-order valence-electron chi connectivity index (χ0n) is 14.7. The molecule has 6 nitrogen and oxygen atoms in total. The number of carbonyl (C=O) groups excluding carboxylic acids is 2. The van der Waals surface area contributed by atoms with Crippen LogP contribution in [0.4, 0.5) is 5.82 Å². The van der Waals surface area contributed by atoms with E-state index in [0.29, 0.717) is 11.6 Å². The fourth-order valence-corrected chi connectivity index (χ4v) is 2.26. The molecule has 6 heteroatoms. The maximum Gasteiger partial charge on any atom is 0.247 e. The molecule has 0 fully saturated rings. The lowest BCUT2D eigenvalue weighted by Gasteiger charge is -2.26. The summed E-state index contributed by atoms with van der Waals surface area (Å²) in [7, 11) is 0. The number of aryl methyl sites for hydroxylation is 1. The third-order valence-corrected chi connectivity index (χ3v) is 3.83. The van der Waals surface area contributed by atoms with E-state index < -0.39 is 0 Å². The van der Waals surface area contributed by atoms with Crippen molar-refractivity contribution in [3.8, 4) is 0 Å². The molecule has 25 heavy (non-hydrogen) atoms. The number of hydrogen-bond donors (Lipinski definition) is 1. The number of amides is 2. The lowest BCUT2D eigenvalue weighted by Crippen LogP contribution is -2.42. The van der Waals surface area contributed by atoms with Gasteiger partial charge in [0, 0.05) is 18.2 Å². The Hall–Kier alpha value is -2.89. The minimum Gasteiger partial charge on any atom is -0.360 e. The van der Waals surface area contributed by atoms with Gasteiger partial charge in [-0.3, -0.25) is 9.59 Å². The van der Waals surface area contributed by atoms with E-state index >= 15 is 0 Å². The van der Waals surface area contributed by atoms with Crippen LogP contribution in [-0.4, -0.2) is 34.5 Å². The third-order valence-electron chi connectivity index (χ3n) is 3.83. The Morgan fingerprint density at radius 2 is 2.04 bits per heavy atom. The van der Waals surface area contributed by atoms with Gasteiger partial charge in [-0.2, -0.15) is 0 Å². The molecule has 1 N–H and O–H groups in total. The molecular formula is C19H23N3O3. The molecule has 2 amide bonds. The van der Waals surface area contributed by atoms with Crippen molar-refractivity contribution in [1.29, 1.82) is 0 Å². The average molecular weight is 341 g/mol. The number of carbonyl (C=O) groups is 2. The molecule has 1 aromatic carbocycles. The Bertz CT molecular complexity index is 737. The van der Waals surface area contributed by atoms with Gasteiger partial charge in [0.15, 0.2) is 5.82 Å². The number of nitrogens with zero attached hydrogens (tertiary/aromatic N) is 2. The van der Waals surface area contributed by atoms with Crippen LogP contribution in [0.5, 0.6) is 0 Å². The smallest absolute Gasteiger partial charge is 0.247 e. The molecule has 0 aliphatic carbocycles. The van der Waals surface area contributed by atoms with E-state index in [1.807, 2.05) is 44.2 Å². The monoisotopic (exact) mass is 341 g/mol. The Morgan fingerprint density at radius 1 is 1.32 bits per heavy atom. The Balaban J connectivity index is 2.03. The van der Waals surface area contributed by atoms with Crippen LogP contribution in [0.25, 0.3) is 6.08 Å². The number of benzene rings is 1. The van der Waals surface area contributed by atoms with E-state index in [1.165, 1.54) is 6.08 Å². The molecule has 1 aromatic heterocycles. The molecule has 1 atom stereocenters. The van der Waals surface area contributed by atoms with Crippen molar-refractivity contribution < 1.29 is 14.1 Å². The van der Waals surface area contributed by atoms with Gasteiger partial charge < -0.3 is 14.7 Å². The number of aromatic nitrogens is 1. The summed E-state index contributed by atoms with van der Waals surface area (Å²) >= 11 is 0. The van der Waals surface area contributed by atoms with E-state index in [0.717, 1.165) is 12.0 Å². The molecule has 0 spiro atoms. The van der Waals surface area contributed by atoms with E-state index in [4.69, 9.17) is 4.52 Å². The highest BCUT2D eigenvalue weighted by molar-refractivity contribution is 5.97. The Kier molecular flexibility index (Phi) is 6.51. The summed E-state index contributed by atoms with van der Waals surface area (Å²) < 4.78 is 4.92. The van der Waals surface area contributed by atoms with E-state index in [9.17, 15) is 9.59 Å². The summed E-state index contributed by atoms with van der Waals surface area (Å²) in [5.74, 6) is 0.439. The van der Waals surface area contributed by atoms with Crippen molar-refractivity contribution in [3.05, 3.63) is 53.8 Å². The summed E-state index contributed by atoms with van der Waals surface area (Å²) in [5.41, 5.74) is 0.933. The van der Waals surface area contributed by atoms with Crippen molar-refractivity contribution in [2.45, 2.75) is 33.2 Å². The zero-order valence-corrected chi connectivity index (χ0v) is 14.7. The number of rotatable bonds is 7. The second-order valence-corrected chi connectivity index (χ2v) is 5.84. The SMILES string of the molecule is CC[C@H](C)N(CC(=O)Nc1cc(C)on1)C(=O)/C=C/c1ccccc1. The first-order valence-corrected chi connectivity index (χ1v) is 8.26. The quantitative estimate of drug-likeness (QED) is 0.784. The van der Waals surface area contributed by atoms with Gasteiger partial charge in [-0.25, -0.2) is 0 Å². The number of nitrogens with one attached hydrogen (secondary N) is 1. The third kappa shape index (κ3) is 5.60. The van der Waals surface area contributed by atoms with Gasteiger partial charge >= 0.3 is 0 Å². The topological polar surface area (TPSA) is 75.4 Å². The van der Waals surface area contributed by atoms with Crippen LogP contribution < -0.4 is 5.32 Å². The highest BCUT2D eigenvalue weighted by atomic mass is 16.5. The van der Waals surface area contributed by atoms with Crippen LogP contribution in [0.3, 0.4) is 0 Å². The molecule has 0 bridgehead atoms. The maximum atomic E-state index is 12.5. The average Bonchev–Trinajstić information content (AvgIpc) is 3.02. The standard InChI is InChI=1S/C19H23N3O3/c1-4-14(2)22(13-18(23)20-17-12-15(3)25-21-17)19(24)11-10-16-8-6-5-7-9-16/h5-12,14H,4,13H2,1-3H3,(H,20,21,23)/b11-10+/t14-/m0/s1. The van der Waals surface area contributed by atoms with Gasteiger partial charge in [-0.1, -0.05) is 42.4 Å². The molecule has 0 saturated heterocycles. The first kappa shape index (κ1) is 18.4.